The fraction of sp³-hybridized carbons (Fsp3) is 0.200. The Hall–Kier alpha value is -3.61. The Bertz CT molecular complexity index is 1400. The molecule has 4 N–H and O–H groups in total. The van der Waals surface area contributed by atoms with Crippen LogP contribution in [0, 0.1) is 0 Å². The van der Waals surface area contributed by atoms with Crippen LogP contribution in [0.4, 0.5) is 0 Å². The van der Waals surface area contributed by atoms with Gasteiger partial charge < -0.3 is 24.7 Å². The Morgan fingerprint density at radius 3 is 2.65 bits per heavy atom. The van der Waals surface area contributed by atoms with E-state index in [1.165, 1.54) is 6.20 Å². The van der Waals surface area contributed by atoms with Crippen molar-refractivity contribution in [2.75, 3.05) is 6.61 Å². The summed E-state index contributed by atoms with van der Waals surface area (Å²) in [4.78, 5) is 51.4. The molecule has 1 aliphatic heterocycles. The first kappa shape index (κ1) is 23.5. The normalized spacial score (nSPS) is 18.2. The minimum atomic E-state index is -4.86. The number of ether oxygens (including phenoxy) is 1. The highest BCUT2D eigenvalue weighted by atomic mass is 31.2. The van der Waals surface area contributed by atoms with E-state index in [1.807, 2.05) is 6.07 Å². The van der Waals surface area contributed by atoms with Crippen molar-refractivity contribution in [3.05, 3.63) is 87.4 Å². The quantitative estimate of drug-likeness (QED) is 0.328. The lowest BCUT2D eigenvalue weighted by Crippen LogP contribution is -2.39. The Kier molecular flexibility index (Phi) is 6.46. The smallest absolute Gasteiger partial charge is 0.469 e. The summed E-state index contributed by atoms with van der Waals surface area (Å²) < 4.78 is 22.2. The molecule has 178 valence electrons. The van der Waals surface area contributed by atoms with Gasteiger partial charge in [0.1, 0.15) is 0 Å². The van der Waals surface area contributed by atoms with Crippen LogP contribution in [0.1, 0.15) is 5.69 Å². The maximum atomic E-state index is 13.0. The molecule has 1 unspecified atom stereocenters. The first-order valence-electron chi connectivity index (χ1n) is 9.80. The molecule has 0 bridgehead atoms. The molecule has 0 aromatic carbocycles. The summed E-state index contributed by atoms with van der Waals surface area (Å²) in [5, 5.41) is 20.3. The molecular formula is C20H19N4O9P. The van der Waals surface area contributed by atoms with Gasteiger partial charge >= 0.3 is 13.5 Å². The van der Waals surface area contributed by atoms with E-state index in [-0.39, 0.29) is 6.54 Å². The van der Waals surface area contributed by atoms with Gasteiger partial charge in [0.05, 0.1) is 18.8 Å². The molecule has 3 aromatic rings. The maximum absolute atomic E-state index is 13.0. The van der Waals surface area contributed by atoms with Crippen LogP contribution in [0.5, 0.6) is 0 Å². The average Bonchev–Trinajstić information content (AvgIpc) is 3.09. The number of phosphoric acid groups is 1. The maximum Gasteiger partial charge on any atom is 0.469 e. The topological polar surface area (TPSA) is 186 Å². The van der Waals surface area contributed by atoms with Gasteiger partial charge in [-0.1, -0.05) is 6.07 Å². The number of aliphatic hydroxyl groups is 2. The summed E-state index contributed by atoms with van der Waals surface area (Å²) in [7, 11) is -4.86. The van der Waals surface area contributed by atoms with E-state index < -0.39 is 49.5 Å². The van der Waals surface area contributed by atoms with Gasteiger partial charge in [-0.2, -0.15) is 0 Å². The minimum absolute atomic E-state index is 0.200. The second kappa shape index (κ2) is 9.33. The molecule has 0 fully saturated rings. The number of pyridine rings is 2. The number of rotatable bonds is 7. The minimum Gasteiger partial charge on any atom is -0.505 e. The standard InChI is InChI=1S/C20H19N4O9P/c25-16-4-7-23(19-18(27)17(26)15(33-19)11-32-34(29,30)31)20(28)24(16)10-14-8-12(3-6-22-14)13-2-1-5-21-9-13/h1-9,15,17,26-27H,10-11H2,(H2,29,30,31)/t15-,17?/m1/s1. The molecular weight excluding hydrogens is 471 g/mol. The Labute approximate surface area is 191 Å². The molecule has 0 saturated heterocycles. The van der Waals surface area contributed by atoms with Gasteiger partial charge in [-0.05, 0) is 23.8 Å². The van der Waals surface area contributed by atoms with Gasteiger partial charge in [-0.15, -0.1) is 0 Å². The van der Waals surface area contributed by atoms with Crippen LogP contribution in [-0.2, 0) is 20.4 Å². The number of hydrogen-bond acceptors (Lipinski definition) is 9. The van der Waals surface area contributed by atoms with Crippen LogP contribution in [0.2, 0.25) is 0 Å². The third kappa shape index (κ3) is 4.98. The molecule has 34 heavy (non-hydrogen) atoms. The van der Waals surface area contributed by atoms with Crippen LogP contribution in [0.3, 0.4) is 0 Å². The van der Waals surface area contributed by atoms with Crippen molar-refractivity contribution in [1.82, 2.24) is 19.1 Å². The summed E-state index contributed by atoms with van der Waals surface area (Å²) >= 11 is 0. The molecule has 0 aliphatic carbocycles. The van der Waals surface area contributed by atoms with Gasteiger partial charge in [-0.3, -0.25) is 23.9 Å². The predicted molar refractivity (Wildman–Crippen MR) is 116 cm³/mol. The molecule has 13 nitrogen and oxygen atoms in total. The summed E-state index contributed by atoms with van der Waals surface area (Å²) in [6.45, 7) is -0.966. The van der Waals surface area contributed by atoms with E-state index in [1.54, 1.807) is 30.6 Å². The number of aliphatic hydroxyl groups excluding tert-OH is 2. The number of hydrogen-bond donors (Lipinski definition) is 4. The SMILES string of the molecule is O=c1ccn(C2=C(O)C(O)[C@@H](COP(=O)(O)O)O2)c(=O)n1Cc1cc(-c2cccnc2)ccn1. The van der Waals surface area contributed by atoms with Crippen LogP contribution in [0.25, 0.3) is 17.0 Å². The third-order valence-electron chi connectivity index (χ3n) is 4.94. The molecule has 3 aromatic heterocycles. The fourth-order valence-corrected chi connectivity index (χ4v) is 3.64. The van der Waals surface area contributed by atoms with Crippen LogP contribution >= 0.6 is 7.82 Å². The monoisotopic (exact) mass is 490 g/mol. The highest BCUT2D eigenvalue weighted by molar-refractivity contribution is 7.46. The van der Waals surface area contributed by atoms with E-state index in [9.17, 15) is 24.4 Å². The summed E-state index contributed by atoms with van der Waals surface area (Å²) in [6, 6.07) is 8.12. The summed E-state index contributed by atoms with van der Waals surface area (Å²) in [5.41, 5.74) is 0.451. The van der Waals surface area contributed by atoms with Gasteiger partial charge in [0.15, 0.2) is 18.0 Å². The number of phosphoric ester groups is 1. The highest BCUT2D eigenvalue weighted by Crippen LogP contribution is 2.37. The average molecular weight is 490 g/mol. The van der Waals surface area contributed by atoms with Crippen molar-refractivity contribution in [2.45, 2.75) is 18.8 Å². The molecule has 0 spiro atoms. The van der Waals surface area contributed by atoms with Gasteiger partial charge in [0, 0.05) is 36.4 Å². The largest absolute Gasteiger partial charge is 0.505 e. The second-order valence-electron chi connectivity index (χ2n) is 7.25. The molecule has 14 heteroatoms. The van der Waals surface area contributed by atoms with E-state index in [2.05, 4.69) is 14.5 Å². The van der Waals surface area contributed by atoms with Gasteiger partial charge in [-0.25, -0.2) is 13.9 Å². The summed E-state index contributed by atoms with van der Waals surface area (Å²) in [5.74, 6) is -1.26. The van der Waals surface area contributed by atoms with Crippen molar-refractivity contribution >= 4 is 13.7 Å². The molecule has 0 saturated carbocycles. The Balaban J connectivity index is 1.63. The van der Waals surface area contributed by atoms with Crippen molar-refractivity contribution in [3.63, 3.8) is 0 Å². The lowest BCUT2D eigenvalue weighted by molar-refractivity contribution is 0.0128. The third-order valence-corrected chi connectivity index (χ3v) is 5.43. The Morgan fingerprint density at radius 1 is 1.15 bits per heavy atom. The van der Waals surface area contributed by atoms with Crippen LogP contribution in [0.15, 0.2) is 70.5 Å². The van der Waals surface area contributed by atoms with E-state index in [0.717, 1.165) is 32.5 Å². The fourth-order valence-electron chi connectivity index (χ4n) is 3.30. The van der Waals surface area contributed by atoms with Crippen molar-refractivity contribution in [3.8, 4) is 11.1 Å². The van der Waals surface area contributed by atoms with Crippen LogP contribution < -0.4 is 11.2 Å². The number of aromatic nitrogens is 4. The second-order valence-corrected chi connectivity index (χ2v) is 8.49. The Morgan fingerprint density at radius 2 is 1.94 bits per heavy atom. The lowest BCUT2D eigenvalue weighted by Gasteiger charge is -2.16. The van der Waals surface area contributed by atoms with Crippen molar-refractivity contribution < 1.29 is 33.8 Å². The zero-order valence-electron chi connectivity index (χ0n) is 17.3. The van der Waals surface area contributed by atoms with Crippen molar-refractivity contribution in [1.29, 1.82) is 0 Å². The molecule has 4 heterocycles. The first-order chi connectivity index (χ1) is 16.1. The predicted octanol–water partition coefficient (Wildman–Crippen LogP) is 0.0684. The molecule has 0 radical (unpaired) electrons. The van der Waals surface area contributed by atoms with E-state index in [0.29, 0.717) is 5.69 Å². The van der Waals surface area contributed by atoms with Crippen molar-refractivity contribution in [2.24, 2.45) is 0 Å². The molecule has 1 aliphatic rings. The zero-order valence-corrected chi connectivity index (χ0v) is 18.2. The lowest BCUT2D eigenvalue weighted by atomic mass is 10.1. The van der Waals surface area contributed by atoms with Crippen LogP contribution in [-0.4, -0.2) is 57.9 Å². The highest BCUT2D eigenvalue weighted by Gasteiger charge is 2.38. The number of nitrogens with zero attached hydrogens (tertiary/aromatic N) is 4. The molecule has 0 amide bonds. The zero-order chi connectivity index (χ0) is 24.5. The van der Waals surface area contributed by atoms with E-state index >= 15 is 0 Å². The van der Waals surface area contributed by atoms with Gasteiger partial charge in [0.2, 0.25) is 5.88 Å². The summed E-state index contributed by atoms with van der Waals surface area (Å²) in [6.07, 6.45) is 2.75. The molecule has 4 rings (SSSR count). The molecule has 2 atom stereocenters. The van der Waals surface area contributed by atoms with E-state index in [4.69, 9.17) is 14.5 Å². The first-order valence-corrected chi connectivity index (χ1v) is 11.3. The van der Waals surface area contributed by atoms with Gasteiger partial charge in [0.25, 0.3) is 5.56 Å².